The van der Waals surface area contributed by atoms with Gasteiger partial charge in [-0.1, -0.05) is 53.5 Å². The molecule has 0 bridgehead atoms. The molecule has 0 saturated carbocycles. The Morgan fingerprint density at radius 3 is 2.31 bits per heavy atom. The molecule has 3 aromatic carbocycles. The summed E-state index contributed by atoms with van der Waals surface area (Å²) in [4.78, 5) is 26.3. The summed E-state index contributed by atoms with van der Waals surface area (Å²) in [6, 6.07) is 16.2. The summed E-state index contributed by atoms with van der Waals surface area (Å²) in [5.41, 5.74) is 0.257. The van der Waals surface area contributed by atoms with E-state index < -0.39 is 11.4 Å². The number of rotatable bonds is 5. The fourth-order valence-electron chi connectivity index (χ4n) is 3.19. The molecule has 1 heterocycles. The average Bonchev–Trinajstić information content (AvgIpc) is 2.81. The Balaban J connectivity index is 1.88. The molecule has 0 unspecified atom stereocenters. The maximum atomic E-state index is 13.3. The predicted molar refractivity (Wildman–Crippen MR) is 122 cm³/mol. The normalized spacial score (nSPS) is 10.8. The van der Waals surface area contributed by atoms with E-state index >= 15 is 0 Å². The monoisotopic (exact) mass is 470 g/mol. The first kappa shape index (κ1) is 21.7. The minimum Gasteiger partial charge on any atom is -0.493 e. The number of methoxy groups -OCH3 is 2. The maximum Gasteiger partial charge on any atom is 0.343 e. The Morgan fingerprint density at radius 1 is 0.906 bits per heavy atom. The third-order valence-corrected chi connectivity index (χ3v) is 5.22. The van der Waals surface area contributed by atoms with Crippen molar-refractivity contribution in [3.8, 4) is 28.6 Å². The van der Waals surface area contributed by atoms with E-state index in [1.54, 1.807) is 30.3 Å². The summed E-state index contributed by atoms with van der Waals surface area (Å²) in [5.74, 6) is -0.191. The number of carbonyl (C=O) groups is 1. The van der Waals surface area contributed by atoms with E-state index in [1.165, 1.54) is 38.5 Å². The second-order valence-corrected chi connectivity index (χ2v) is 7.52. The minimum atomic E-state index is -0.775. The van der Waals surface area contributed by atoms with Gasteiger partial charge in [-0.2, -0.15) is 0 Å². The third kappa shape index (κ3) is 4.02. The molecule has 1 aromatic heterocycles. The van der Waals surface area contributed by atoms with Gasteiger partial charge in [-0.15, -0.1) is 0 Å². The molecular formula is C24H16Cl2O6. The standard InChI is InChI=1S/C24H16Cl2O6/c1-29-18-9-8-14(10-19(18)30-2)24(28)32-23-20(27)16-11-15(25)12-17(26)22(16)31-21(23)13-6-4-3-5-7-13/h3-12H,1-2H3. The van der Waals surface area contributed by atoms with Crippen LogP contribution in [0.2, 0.25) is 10.0 Å². The van der Waals surface area contributed by atoms with Crippen molar-refractivity contribution in [1.29, 1.82) is 0 Å². The summed E-state index contributed by atoms with van der Waals surface area (Å²) >= 11 is 12.3. The number of hydrogen-bond donors (Lipinski definition) is 0. The van der Waals surface area contributed by atoms with Crippen LogP contribution >= 0.6 is 23.2 Å². The van der Waals surface area contributed by atoms with Crippen LogP contribution in [0.1, 0.15) is 10.4 Å². The third-order valence-electron chi connectivity index (χ3n) is 4.72. The van der Waals surface area contributed by atoms with Crippen LogP contribution in [0.5, 0.6) is 17.2 Å². The van der Waals surface area contributed by atoms with Crippen LogP contribution in [0.15, 0.2) is 69.9 Å². The van der Waals surface area contributed by atoms with Crippen LogP contribution < -0.4 is 19.6 Å². The van der Waals surface area contributed by atoms with Crippen molar-refractivity contribution in [2.45, 2.75) is 0 Å². The number of benzene rings is 3. The van der Waals surface area contributed by atoms with Gasteiger partial charge in [0.15, 0.2) is 22.8 Å². The van der Waals surface area contributed by atoms with Crippen molar-refractivity contribution in [1.82, 2.24) is 0 Å². The largest absolute Gasteiger partial charge is 0.493 e. The number of ether oxygens (including phenoxy) is 3. The molecule has 0 amide bonds. The molecule has 0 radical (unpaired) electrons. The Hall–Kier alpha value is -3.48. The molecule has 8 heteroatoms. The summed E-state index contributed by atoms with van der Waals surface area (Å²) in [6.45, 7) is 0. The fourth-order valence-corrected chi connectivity index (χ4v) is 3.73. The highest BCUT2D eigenvalue weighted by Gasteiger charge is 2.23. The number of hydrogen-bond acceptors (Lipinski definition) is 6. The van der Waals surface area contributed by atoms with Crippen LogP contribution in [-0.2, 0) is 0 Å². The van der Waals surface area contributed by atoms with Crippen molar-refractivity contribution in [3.63, 3.8) is 0 Å². The van der Waals surface area contributed by atoms with E-state index in [4.69, 9.17) is 41.8 Å². The maximum absolute atomic E-state index is 13.3. The second-order valence-electron chi connectivity index (χ2n) is 6.68. The molecule has 0 saturated heterocycles. The smallest absolute Gasteiger partial charge is 0.343 e. The van der Waals surface area contributed by atoms with Crippen molar-refractivity contribution in [2.24, 2.45) is 0 Å². The average molecular weight is 471 g/mol. The Labute approximate surface area is 192 Å². The van der Waals surface area contributed by atoms with E-state index in [0.717, 1.165) is 0 Å². The van der Waals surface area contributed by atoms with Gasteiger partial charge in [0.05, 0.1) is 30.2 Å². The number of carbonyl (C=O) groups excluding carboxylic acids is 1. The minimum absolute atomic E-state index is 0.0705. The SMILES string of the molecule is COc1ccc(C(=O)Oc2c(-c3ccccc3)oc3c(Cl)cc(Cl)cc3c2=O)cc1OC. The summed E-state index contributed by atoms with van der Waals surface area (Å²) in [5, 5.41) is 0.510. The van der Waals surface area contributed by atoms with Gasteiger partial charge in [0.2, 0.25) is 11.2 Å². The Bertz CT molecular complexity index is 1380. The highest BCUT2D eigenvalue weighted by atomic mass is 35.5. The zero-order chi connectivity index (χ0) is 22.8. The van der Waals surface area contributed by atoms with Crippen LogP contribution in [0.4, 0.5) is 0 Å². The molecule has 4 rings (SSSR count). The molecule has 0 N–H and O–H groups in total. The molecule has 0 aliphatic rings. The molecule has 0 atom stereocenters. The summed E-state index contributed by atoms with van der Waals surface area (Å²) in [6.07, 6.45) is 0. The number of esters is 1. The van der Waals surface area contributed by atoms with Gasteiger partial charge in [-0.05, 0) is 30.3 Å². The zero-order valence-corrected chi connectivity index (χ0v) is 18.5. The van der Waals surface area contributed by atoms with Crippen molar-refractivity contribution in [3.05, 3.63) is 86.5 Å². The molecule has 162 valence electrons. The molecule has 0 aliphatic carbocycles. The molecule has 32 heavy (non-hydrogen) atoms. The van der Waals surface area contributed by atoms with Crippen LogP contribution in [-0.4, -0.2) is 20.2 Å². The lowest BCUT2D eigenvalue weighted by Gasteiger charge is -2.12. The lowest BCUT2D eigenvalue weighted by molar-refractivity contribution is 0.0731. The predicted octanol–water partition coefficient (Wildman–Crippen LogP) is 6.00. The van der Waals surface area contributed by atoms with E-state index in [0.29, 0.717) is 17.1 Å². The van der Waals surface area contributed by atoms with E-state index in [1.807, 2.05) is 6.07 Å². The fraction of sp³-hybridized carbons (Fsp3) is 0.0833. The Morgan fingerprint density at radius 2 is 1.62 bits per heavy atom. The second kappa shape index (κ2) is 8.94. The highest BCUT2D eigenvalue weighted by Crippen LogP contribution is 2.35. The molecule has 0 fully saturated rings. The van der Waals surface area contributed by atoms with Crippen LogP contribution in [0.3, 0.4) is 0 Å². The van der Waals surface area contributed by atoms with Crippen molar-refractivity contribution < 1.29 is 23.4 Å². The topological polar surface area (TPSA) is 75.0 Å². The van der Waals surface area contributed by atoms with Gasteiger partial charge < -0.3 is 18.6 Å². The molecule has 0 spiro atoms. The van der Waals surface area contributed by atoms with Gasteiger partial charge in [0, 0.05) is 10.6 Å². The van der Waals surface area contributed by atoms with Crippen LogP contribution in [0.25, 0.3) is 22.3 Å². The first-order valence-electron chi connectivity index (χ1n) is 9.38. The van der Waals surface area contributed by atoms with Gasteiger partial charge in [-0.3, -0.25) is 4.79 Å². The lowest BCUT2D eigenvalue weighted by atomic mass is 10.1. The van der Waals surface area contributed by atoms with Gasteiger partial charge in [0.1, 0.15) is 0 Å². The Kier molecular flexibility index (Phi) is 6.08. The van der Waals surface area contributed by atoms with E-state index in [9.17, 15) is 9.59 Å². The zero-order valence-electron chi connectivity index (χ0n) is 17.0. The van der Waals surface area contributed by atoms with Gasteiger partial charge in [0.25, 0.3) is 0 Å². The van der Waals surface area contributed by atoms with Crippen molar-refractivity contribution >= 4 is 40.1 Å². The van der Waals surface area contributed by atoms with E-state index in [2.05, 4.69) is 0 Å². The summed E-state index contributed by atoms with van der Waals surface area (Å²) in [7, 11) is 2.93. The van der Waals surface area contributed by atoms with Gasteiger partial charge >= 0.3 is 5.97 Å². The molecule has 0 aliphatic heterocycles. The first-order chi connectivity index (χ1) is 15.4. The number of halogens is 2. The first-order valence-corrected chi connectivity index (χ1v) is 10.1. The van der Waals surface area contributed by atoms with Crippen molar-refractivity contribution in [2.75, 3.05) is 14.2 Å². The quantitative estimate of drug-likeness (QED) is 0.332. The summed E-state index contributed by atoms with van der Waals surface area (Å²) < 4.78 is 21.9. The van der Waals surface area contributed by atoms with E-state index in [-0.39, 0.29) is 38.1 Å². The number of fused-ring (bicyclic) bond motifs is 1. The lowest BCUT2D eigenvalue weighted by Crippen LogP contribution is -2.16. The highest BCUT2D eigenvalue weighted by molar-refractivity contribution is 6.38. The van der Waals surface area contributed by atoms with Gasteiger partial charge in [-0.25, -0.2) is 4.79 Å². The molecular weight excluding hydrogens is 455 g/mol. The molecule has 4 aromatic rings. The van der Waals surface area contributed by atoms with Crippen LogP contribution in [0, 0.1) is 0 Å². The molecule has 6 nitrogen and oxygen atoms in total.